The smallest absolute Gasteiger partial charge is 0.680 e. The standard InChI is InChI=1S/C4H8O2.CH4N.Na/c1-2-3-4(5)6;1-2;/h2-3H2,1H3,(H,5,6);2H,1H3;/q;-1;+1. The fraction of sp³-hybridized carbons (Fsp3) is 0.800. The van der Waals surface area contributed by atoms with Crippen molar-refractivity contribution < 1.29 is 39.5 Å². The second-order valence-electron chi connectivity index (χ2n) is 1.14. The van der Waals surface area contributed by atoms with E-state index in [2.05, 4.69) is 0 Å². The van der Waals surface area contributed by atoms with Crippen molar-refractivity contribution in [3.8, 4) is 0 Å². The molecule has 0 spiro atoms. The summed E-state index contributed by atoms with van der Waals surface area (Å²) >= 11 is 0. The number of aliphatic carboxylic acids is 1. The summed E-state index contributed by atoms with van der Waals surface area (Å²) in [5.74, 6) is -0.711. The van der Waals surface area contributed by atoms with Crippen LogP contribution in [0.5, 0.6) is 0 Å². The number of hydrogen-bond acceptors (Lipinski definition) is 1. The van der Waals surface area contributed by atoms with Gasteiger partial charge in [0.05, 0.1) is 0 Å². The second kappa shape index (κ2) is 15.8. The molecule has 0 aliphatic rings. The maximum Gasteiger partial charge on any atom is 1.00 e. The molecule has 50 valence electrons. The van der Waals surface area contributed by atoms with Crippen molar-refractivity contribution in [1.82, 2.24) is 0 Å². The van der Waals surface area contributed by atoms with Crippen LogP contribution in [0.4, 0.5) is 0 Å². The average molecular weight is 141 g/mol. The van der Waals surface area contributed by atoms with Gasteiger partial charge in [-0.3, -0.25) is 4.79 Å². The molecule has 0 aromatic carbocycles. The Kier molecular flexibility index (Phi) is 28.4. The monoisotopic (exact) mass is 141 g/mol. The summed E-state index contributed by atoms with van der Waals surface area (Å²) in [6.45, 7) is 1.84. The predicted molar refractivity (Wildman–Crippen MR) is 32.8 cm³/mol. The van der Waals surface area contributed by atoms with E-state index >= 15 is 0 Å². The molecule has 9 heavy (non-hydrogen) atoms. The zero-order valence-corrected chi connectivity index (χ0v) is 8.27. The third-order valence-electron chi connectivity index (χ3n) is 0.464. The Morgan fingerprint density at radius 3 is 1.89 bits per heavy atom. The molecule has 4 heteroatoms. The van der Waals surface area contributed by atoms with Gasteiger partial charge in [-0.2, -0.15) is 7.05 Å². The van der Waals surface area contributed by atoms with E-state index in [1.54, 1.807) is 0 Å². The molecule has 0 unspecified atom stereocenters. The molecule has 0 heterocycles. The first kappa shape index (κ1) is 16.2. The maximum atomic E-state index is 9.60. The molecule has 0 aromatic rings. The molecule has 0 radical (unpaired) electrons. The summed E-state index contributed by atoms with van der Waals surface area (Å²) in [6.07, 6.45) is 1.02. The van der Waals surface area contributed by atoms with E-state index in [9.17, 15) is 4.79 Å². The van der Waals surface area contributed by atoms with E-state index in [-0.39, 0.29) is 29.6 Å². The van der Waals surface area contributed by atoms with Crippen molar-refractivity contribution >= 4 is 5.97 Å². The van der Waals surface area contributed by atoms with Crippen molar-refractivity contribution in [2.45, 2.75) is 19.8 Å². The van der Waals surface area contributed by atoms with Crippen LogP contribution in [-0.2, 0) is 4.79 Å². The van der Waals surface area contributed by atoms with Crippen LogP contribution in [0.3, 0.4) is 0 Å². The van der Waals surface area contributed by atoms with E-state index in [0.29, 0.717) is 6.42 Å². The average Bonchev–Trinajstić information content (AvgIpc) is 1.72. The van der Waals surface area contributed by atoms with Gasteiger partial charge in [0.15, 0.2) is 0 Å². The molecule has 2 N–H and O–H groups in total. The Labute approximate surface area is 77.9 Å². The van der Waals surface area contributed by atoms with Gasteiger partial charge in [0.1, 0.15) is 0 Å². The summed E-state index contributed by atoms with van der Waals surface area (Å²) in [5, 5.41) is 7.91. The molecular formula is C5H12NNaO2. The predicted octanol–water partition coefficient (Wildman–Crippen LogP) is -1.46. The summed E-state index contributed by atoms with van der Waals surface area (Å²) in [4.78, 5) is 9.60. The van der Waals surface area contributed by atoms with Crippen LogP contribution in [0.1, 0.15) is 19.8 Å². The molecule has 0 saturated carbocycles. The third-order valence-corrected chi connectivity index (χ3v) is 0.464. The van der Waals surface area contributed by atoms with Crippen molar-refractivity contribution in [3.63, 3.8) is 0 Å². The molecule has 0 aliphatic carbocycles. The van der Waals surface area contributed by atoms with Crippen LogP contribution < -0.4 is 29.6 Å². The Morgan fingerprint density at radius 2 is 1.89 bits per heavy atom. The van der Waals surface area contributed by atoms with Gasteiger partial charge in [0.2, 0.25) is 0 Å². The Hall–Kier alpha value is 0.430. The van der Waals surface area contributed by atoms with Gasteiger partial charge in [-0.1, -0.05) is 6.92 Å². The van der Waals surface area contributed by atoms with Gasteiger partial charge >= 0.3 is 35.5 Å². The van der Waals surface area contributed by atoms with Crippen LogP contribution in [0.25, 0.3) is 5.73 Å². The minimum absolute atomic E-state index is 0. The van der Waals surface area contributed by atoms with E-state index < -0.39 is 5.97 Å². The van der Waals surface area contributed by atoms with E-state index in [1.165, 1.54) is 7.05 Å². The topological polar surface area (TPSA) is 61.1 Å². The first-order valence-corrected chi connectivity index (χ1v) is 2.49. The number of hydrogen-bond donors (Lipinski definition) is 1. The number of nitrogens with one attached hydrogen (secondary N) is 1. The van der Waals surface area contributed by atoms with Gasteiger partial charge in [0, 0.05) is 6.42 Å². The zero-order chi connectivity index (χ0) is 6.99. The first-order valence-electron chi connectivity index (χ1n) is 2.49. The zero-order valence-electron chi connectivity index (χ0n) is 6.27. The quantitative estimate of drug-likeness (QED) is 0.478. The number of carbonyl (C=O) groups is 1. The Bertz CT molecular complexity index is 58.9. The fourth-order valence-electron chi connectivity index (χ4n) is 0.214. The molecule has 3 nitrogen and oxygen atoms in total. The van der Waals surface area contributed by atoms with Crippen LogP contribution in [0.2, 0.25) is 0 Å². The van der Waals surface area contributed by atoms with E-state index in [1.807, 2.05) is 6.92 Å². The fourth-order valence-corrected chi connectivity index (χ4v) is 0.214. The van der Waals surface area contributed by atoms with Crippen LogP contribution in [0.15, 0.2) is 0 Å². The normalized spacial score (nSPS) is 6.11. The molecular weight excluding hydrogens is 129 g/mol. The number of rotatable bonds is 2. The van der Waals surface area contributed by atoms with E-state index in [0.717, 1.165) is 6.42 Å². The summed E-state index contributed by atoms with van der Waals surface area (Å²) in [6, 6.07) is 0. The molecule has 0 saturated heterocycles. The van der Waals surface area contributed by atoms with Crippen molar-refractivity contribution in [1.29, 1.82) is 0 Å². The minimum atomic E-state index is -0.711. The van der Waals surface area contributed by atoms with E-state index in [4.69, 9.17) is 10.8 Å². The molecule has 0 aliphatic heterocycles. The summed E-state index contributed by atoms with van der Waals surface area (Å²) in [5.41, 5.74) is 5.75. The third kappa shape index (κ3) is 29.6. The van der Waals surface area contributed by atoms with Crippen LogP contribution >= 0.6 is 0 Å². The van der Waals surface area contributed by atoms with Gasteiger partial charge in [-0.15, -0.1) is 0 Å². The van der Waals surface area contributed by atoms with Crippen molar-refractivity contribution in [2.24, 2.45) is 0 Å². The SMILES string of the molecule is CCCC(=O)O.C[NH-].[Na+]. The molecule has 0 fully saturated rings. The summed E-state index contributed by atoms with van der Waals surface area (Å²) in [7, 11) is 1.25. The van der Waals surface area contributed by atoms with Gasteiger partial charge < -0.3 is 10.8 Å². The molecule has 0 rings (SSSR count). The van der Waals surface area contributed by atoms with Gasteiger partial charge in [-0.05, 0) is 6.42 Å². The minimum Gasteiger partial charge on any atom is -0.680 e. The van der Waals surface area contributed by atoms with Crippen molar-refractivity contribution in [3.05, 3.63) is 5.73 Å². The summed E-state index contributed by atoms with van der Waals surface area (Å²) < 4.78 is 0. The number of carboxylic acids is 1. The molecule has 0 bridgehead atoms. The maximum absolute atomic E-state index is 9.60. The number of carboxylic acid groups (broad SMARTS) is 1. The molecule has 0 aromatic heterocycles. The largest absolute Gasteiger partial charge is 1.00 e. The Morgan fingerprint density at radius 1 is 1.56 bits per heavy atom. The molecule has 0 atom stereocenters. The van der Waals surface area contributed by atoms with Crippen LogP contribution in [-0.4, -0.2) is 18.1 Å². The van der Waals surface area contributed by atoms with Crippen LogP contribution in [0, 0.1) is 0 Å². The van der Waals surface area contributed by atoms with Gasteiger partial charge in [0.25, 0.3) is 0 Å². The van der Waals surface area contributed by atoms with Crippen molar-refractivity contribution in [2.75, 3.05) is 7.05 Å². The van der Waals surface area contributed by atoms with Gasteiger partial charge in [-0.25, -0.2) is 0 Å². The Balaban J connectivity index is -0.000000109. The second-order valence-corrected chi connectivity index (χ2v) is 1.14. The first-order chi connectivity index (χ1) is 3.77. The molecule has 0 amide bonds.